The number of nitro benzene ring substituents is 1. The number of rotatable bonds is 5. The summed E-state index contributed by atoms with van der Waals surface area (Å²) >= 11 is 0. The monoisotopic (exact) mass is 446 g/mol. The standard InChI is InChI=1S/C23H18N4O6/c1-33-17-10-9-14(27(31)32)12-16(17)25-22(29)18-15-8-5-11-24-26(15)20(19(18)23(25)30)21(28)13-6-3-2-4-7-13/h2-12,15,18-20H,1H3/t15-,18+,19+,20-/m0/s1. The molecule has 33 heavy (non-hydrogen) atoms. The third-order valence-corrected chi connectivity index (χ3v) is 6.23. The Balaban J connectivity index is 1.61. The van der Waals surface area contributed by atoms with Crippen molar-refractivity contribution in [3.8, 4) is 5.75 Å². The molecule has 4 atom stereocenters. The Morgan fingerprint density at radius 1 is 1.09 bits per heavy atom. The quantitative estimate of drug-likeness (QED) is 0.299. The lowest BCUT2D eigenvalue weighted by molar-refractivity contribution is -0.384. The summed E-state index contributed by atoms with van der Waals surface area (Å²) in [4.78, 5) is 52.3. The Hall–Kier alpha value is -4.34. The zero-order valence-electron chi connectivity index (χ0n) is 17.4. The molecule has 2 aromatic rings. The van der Waals surface area contributed by atoms with Crippen LogP contribution < -0.4 is 9.64 Å². The van der Waals surface area contributed by atoms with Crippen molar-refractivity contribution in [1.29, 1.82) is 0 Å². The lowest BCUT2D eigenvalue weighted by Crippen LogP contribution is -2.46. The zero-order valence-corrected chi connectivity index (χ0v) is 17.4. The summed E-state index contributed by atoms with van der Waals surface area (Å²) in [6.07, 6.45) is 4.92. The summed E-state index contributed by atoms with van der Waals surface area (Å²) in [6.45, 7) is 0. The van der Waals surface area contributed by atoms with Crippen molar-refractivity contribution >= 4 is 35.2 Å². The molecule has 166 valence electrons. The third-order valence-electron chi connectivity index (χ3n) is 6.23. The predicted molar refractivity (Wildman–Crippen MR) is 117 cm³/mol. The van der Waals surface area contributed by atoms with Crippen LogP contribution in [-0.2, 0) is 9.59 Å². The van der Waals surface area contributed by atoms with Gasteiger partial charge < -0.3 is 4.74 Å². The smallest absolute Gasteiger partial charge is 0.271 e. The van der Waals surface area contributed by atoms with E-state index in [1.165, 1.54) is 30.5 Å². The van der Waals surface area contributed by atoms with E-state index in [-0.39, 0.29) is 22.9 Å². The number of benzene rings is 2. The largest absolute Gasteiger partial charge is 0.495 e. The van der Waals surface area contributed by atoms with Crippen molar-refractivity contribution in [1.82, 2.24) is 5.01 Å². The van der Waals surface area contributed by atoms with E-state index >= 15 is 0 Å². The number of nitrogens with zero attached hydrogens (tertiary/aromatic N) is 4. The fourth-order valence-electron chi connectivity index (χ4n) is 4.81. The van der Waals surface area contributed by atoms with Gasteiger partial charge in [-0.1, -0.05) is 36.4 Å². The average Bonchev–Trinajstić information content (AvgIpc) is 3.31. The number of hydrazone groups is 1. The van der Waals surface area contributed by atoms with E-state index in [0.717, 1.165) is 11.0 Å². The number of ketones is 1. The van der Waals surface area contributed by atoms with Gasteiger partial charge >= 0.3 is 0 Å². The molecule has 0 saturated carbocycles. The highest BCUT2D eigenvalue weighted by molar-refractivity contribution is 6.25. The van der Waals surface area contributed by atoms with Crippen LogP contribution in [0.25, 0.3) is 0 Å². The van der Waals surface area contributed by atoms with E-state index in [1.54, 1.807) is 42.5 Å². The van der Waals surface area contributed by atoms with Gasteiger partial charge in [-0.05, 0) is 12.1 Å². The van der Waals surface area contributed by atoms with E-state index < -0.39 is 40.7 Å². The topological polar surface area (TPSA) is 122 Å². The number of amides is 2. The molecular formula is C23H18N4O6. The molecule has 0 N–H and O–H groups in total. The predicted octanol–water partition coefficient (Wildman–Crippen LogP) is 2.20. The number of anilines is 1. The van der Waals surface area contributed by atoms with Gasteiger partial charge in [0.2, 0.25) is 11.8 Å². The van der Waals surface area contributed by atoms with Crippen molar-refractivity contribution in [3.05, 3.63) is 76.4 Å². The van der Waals surface area contributed by atoms with Gasteiger partial charge in [0.25, 0.3) is 5.69 Å². The number of hydrogen-bond donors (Lipinski definition) is 0. The second kappa shape index (κ2) is 7.66. The number of nitro groups is 1. The first-order valence-corrected chi connectivity index (χ1v) is 10.2. The Morgan fingerprint density at radius 3 is 2.52 bits per heavy atom. The number of imide groups is 1. The molecule has 3 heterocycles. The van der Waals surface area contributed by atoms with Crippen LogP contribution in [0.5, 0.6) is 5.75 Å². The number of hydrogen-bond acceptors (Lipinski definition) is 8. The molecule has 0 aliphatic carbocycles. The van der Waals surface area contributed by atoms with Crippen LogP contribution in [0, 0.1) is 22.0 Å². The maximum absolute atomic E-state index is 13.7. The minimum absolute atomic E-state index is 0.0168. The van der Waals surface area contributed by atoms with Gasteiger partial charge in [-0.15, -0.1) is 0 Å². The first-order chi connectivity index (χ1) is 15.9. The van der Waals surface area contributed by atoms with E-state index in [1.807, 2.05) is 0 Å². The SMILES string of the molecule is COc1ccc([N+](=O)[O-])cc1N1C(=O)[C@@H]2[C@H](C1=O)[C@@H]1C=CC=NN1[C@@H]2C(=O)c1ccccc1. The second-order valence-corrected chi connectivity index (χ2v) is 7.87. The fraction of sp³-hybridized carbons (Fsp3) is 0.217. The van der Waals surface area contributed by atoms with Crippen LogP contribution in [0.15, 0.2) is 65.8 Å². The Morgan fingerprint density at radius 2 is 1.82 bits per heavy atom. The number of carbonyl (C=O) groups is 3. The summed E-state index contributed by atoms with van der Waals surface area (Å²) in [5.41, 5.74) is 0.0966. The maximum atomic E-state index is 13.7. The van der Waals surface area contributed by atoms with Crippen LogP contribution in [-0.4, -0.2) is 52.9 Å². The lowest BCUT2D eigenvalue weighted by Gasteiger charge is -2.30. The summed E-state index contributed by atoms with van der Waals surface area (Å²) in [6, 6.07) is 10.6. The molecule has 2 saturated heterocycles. The molecule has 0 bridgehead atoms. The van der Waals surface area contributed by atoms with Gasteiger partial charge in [0, 0.05) is 23.9 Å². The summed E-state index contributed by atoms with van der Waals surface area (Å²) in [5.74, 6) is -3.22. The minimum atomic E-state index is -1.00. The number of ether oxygens (including phenoxy) is 1. The van der Waals surface area contributed by atoms with Crippen molar-refractivity contribution in [2.24, 2.45) is 16.9 Å². The summed E-state index contributed by atoms with van der Waals surface area (Å²) in [7, 11) is 1.35. The van der Waals surface area contributed by atoms with E-state index in [4.69, 9.17) is 4.74 Å². The highest BCUT2D eigenvalue weighted by atomic mass is 16.6. The Kier molecular flexibility index (Phi) is 4.77. The van der Waals surface area contributed by atoms with Gasteiger partial charge in [-0.3, -0.25) is 29.5 Å². The van der Waals surface area contributed by atoms with Crippen molar-refractivity contribution < 1.29 is 24.0 Å². The molecule has 0 spiro atoms. The third kappa shape index (κ3) is 3.02. The molecule has 0 unspecified atom stereocenters. The van der Waals surface area contributed by atoms with Crippen molar-refractivity contribution in [2.75, 3.05) is 12.0 Å². The highest BCUT2D eigenvalue weighted by Crippen LogP contribution is 2.48. The molecule has 2 aromatic carbocycles. The first-order valence-electron chi connectivity index (χ1n) is 10.2. The Bertz CT molecular complexity index is 1240. The number of carbonyl (C=O) groups excluding carboxylic acids is 3. The minimum Gasteiger partial charge on any atom is -0.495 e. The molecule has 0 radical (unpaired) electrons. The van der Waals surface area contributed by atoms with Crippen LogP contribution in [0.4, 0.5) is 11.4 Å². The zero-order chi connectivity index (χ0) is 23.3. The molecule has 2 fully saturated rings. The number of allylic oxidation sites excluding steroid dienone is 1. The number of Topliss-reactive ketones (excluding diaryl/α,β-unsaturated/α-hetero) is 1. The van der Waals surface area contributed by atoms with E-state index in [9.17, 15) is 24.5 Å². The highest BCUT2D eigenvalue weighted by Gasteiger charge is 2.64. The second-order valence-electron chi connectivity index (χ2n) is 7.87. The van der Waals surface area contributed by atoms with Crippen LogP contribution >= 0.6 is 0 Å². The molecule has 5 rings (SSSR count). The van der Waals surface area contributed by atoms with Crippen molar-refractivity contribution in [2.45, 2.75) is 12.1 Å². The van der Waals surface area contributed by atoms with Gasteiger partial charge in [0.1, 0.15) is 17.5 Å². The molecule has 10 heteroatoms. The lowest BCUT2D eigenvalue weighted by atomic mass is 9.86. The first kappa shape index (κ1) is 20.6. The van der Waals surface area contributed by atoms with Crippen LogP contribution in [0.2, 0.25) is 0 Å². The van der Waals surface area contributed by atoms with E-state index in [2.05, 4.69) is 5.10 Å². The maximum Gasteiger partial charge on any atom is 0.271 e. The van der Waals surface area contributed by atoms with Crippen LogP contribution in [0.3, 0.4) is 0 Å². The summed E-state index contributed by atoms with van der Waals surface area (Å²) in [5, 5.41) is 17.1. The molecule has 0 aromatic heterocycles. The van der Waals surface area contributed by atoms with Gasteiger partial charge in [0.15, 0.2) is 5.78 Å². The Labute approximate surface area is 187 Å². The molecule has 10 nitrogen and oxygen atoms in total. The average molecular weight is 446 g/mol. The van der Waals surface area contributed by atoms with Crippen molar-refractivity contribution in [3.63, 3.8) is 0 Å². The van der Waals surface area contributed by atoms with Gasteiger partial charge in [0.05, 0.1) is 29.9 Å². The van der Waals surface area contributed by atoms with E-state index in [0.29, 0.717) is 5.56 Å². The fourth-order valence-corrected chi connectivity index (χ4v) is 4.81. The molecule has 3 aliphatic heterocycles. The molecular weight excluding hydrogens is 428 g/mol. The molecule has 2 amide bonds. The van der Waals surface area contributed by atoms with Gasteiger partial charge in [-0.2, -0.15) is 5.10 Å². The van der Waals surface area contributed by atoms with Crippen LogP contribution in [0.1, 0.15) is 10.4 Å². The normalized spacial score (nSPS) is 25.2. The number of fused-ring (bicyclic) bond motifs is 3. The summed E-state index contributed by atoms with van der Waals surface area (Å²) < 4.78 is 5.28. The van der Waals surface area contributed by atoms with Gasteiger partial charge in [-0.25, -0.2) is 4.90 Å². The number of non-ortho nitro benzene ring substituents is 1. The number of methoxy groups -OCH3 is 1. The molecule has 3 aliphatic rings.